The van der Waals surface area contributed by atoms with Crippen molar-refractivity contribution in [3.63, 3.8) is 0 Å². The molecule has 0 saturated heterocycles. The van der Waals surface area contributed by atoms with Gasteiger partial charge in [-0.1, -0.05) is 48.5 Å². The van der Waals surface area contributed by atoms with Crippen LogP contribution in [0.2, 0.25) is 0 Å². The summed E-state index contributed by atoms with van der Waals surface area (Å²) >= 11 is 0. The smallest absolute Gasteiger partial charge is 0.253 e. The topological polar surface area (TPSA) is 38.3 Å². The van der Waals surface area contributed by atoms with E-state index in [1.807, 2.05) is 67.6 Å². The van der Waals surface area contributed by atoms with Gasteiger partial charge in [0, 0.05) is 18.7 Å². The number of para-hydroxylation sites is 1. The van der Waals surface area contributed by atoms with Gasteiger partial charge in [0.2, 0.25) is 0 Å². The Kier molecular flexibility index (Phi) is 5.33. The second-order valence-corrected chi connectivity index (χ2v) is 4.49. The number of hydrogen-bond donors (Lipinski definition) is 1. The molecule has 2 rings (SSSR count). The molecular weight excluding hydrogens is 250 g/mol. The van der Waals surface area contributed by atoms with Gasteiger partial charge >= 0.3 is 0 Å². The van der Waals surface area contributed by atoms with Gasteiger partial charge in [-0.25, -0.2) is 0 Å². The highest BCUT2D eigenvalue weighted by Crippen LogP contribution is 2.10. The molecule has 0 radical (unpaired) electrons. The lowest BCUT2D eigenvalue weighted by atomic mass is 10.1. The molecule has 0 bridgehead atoms. The molecule has 1 amide bonds. The minimum atomic E-state index is -0.470. The molecule has 0 aliphatic rings. The van der Waals surface area contributed by atoms with Crippen molar-refractivity contribution in [1.82, 2.24) is 0 Å². The van der Waals surface area contributed by atoms with Gasteiger partial charge in [-0.15, -0.1) is 0 Å². The van der Waals surface area contributed by atoms with Crippen LogP contribution in [0.3, 0.4) is 0 Å². The van der Waals surface area contributed by atoms with Crippen LogP contribution in [0.25, 0.3) is 0 Å². The first-order chi connectivity index (χ1) is 9.79. The summed E-state index contributed by atoms with van der Waals surface area (Å²) in [5, 5.41) is 2.88. The van der Waals surface area contributed by atoms with Gasteiger partial charge in [-0.3, -0.25) is 4.79 Å². The van der Waals surface area contributed by atoms with Crippen LogP contribution in [0.5, 0.6) is 0 Å². The molecule has 0 fully saturated rings. The molecule has 104 valence electrons. The minimum Gasteiger partial charge on any atom is -0.368 e. The average Bonchev–Trinajstić information content (AvgIpc) is 2.49. The number of rotatable bonds is 6. The number of ether oxygens (including phenoxy) is 1. The van der Waals surface area contributed by atoms with E-state index in [4.69, 9.17) is 4.74 Å². The SMILES string of the molecule is CCOC(Cc1ccccc1)C(=O)Nc1ccccc1. The van der Waals surface area contributed by atoms with Crippen LogP contribution in [0.15, 0.2) is 60.7 Å². The predicted octanol–water partition coefficient (Wildman–Crippen LogP) is 3.27. The molecule has 1 unspecified atom stereocenters. The number of anilines is 1. The molecule has 0 aliphatic heterocycles. The molecule has 0 heterocycles. The van der Waals surface area contributed by atoms with Gasteiger partial charge in [0.15, 0.2) is 0 Å². The van der Waals surface area contributed by atoms with Crippen LogP contribution in [-0.4, -0.2) is 18.6 Å². The van der Waals surface area contributed by atoms with Gasteiger partial charge in [0.05, 0.1) is 0 Å². The molecule has 0 aliphatic carbocycles. The van der Waals surface area contributed by atoms with E-state index in [1.165, 1.54) is 0 Å². The monoisotopic (exact) mass is 269 g/mol. The van der Waals surface area contributed by atoms with E-state index in [9.17, 15) is 4.79 Å². The fraction of sp³-hybridized carbons (Fsp3) is 0.235. The average molecular weight is 269 g/mol. The number of amides is 1. The van der Waals surface area contributed by atoms with Gasteiger partial charge in [0.1, 0.15) is 6.10 Å². The minimum absolute atomic E-state index is 0.109. The first kappa shape index (κ1) is 14.3. The zero-order valence-corrected chi connectivity index (χ0v) is 11.6. The van der Waals surface area contributed by atoms with Crippen molar-refractivity contribution in [3.8, 4) is 0 Å². The molecular formula is C17H19NO2. The molecule has 3 nitrogen and oxygen atoms in total. The van der Waals surface area contributed by atoms with E-state index in [0.29, 0.717) is 13.0 Å². The summed E-state index contributed by atoms with van der Waals surface area (Å²) in [5.41, 5.74) is 1.88. The highest BCUT2D eigenvalue weighted by molar-refractivity contribution is 5.94. The maximum Gasteiger partial charge on any atom is 0.253 e. The summed E-state index contributed by atoms with van der Waals surface area (Å²) in [6.07, 6.45) is 0.107. The van der Waals surface area contributed by atoms with Crippen molar-refractivity contribution >= 4 is 11.6 Å². The summed E-state index contributed by atoms with van der Waals surface area (Å²) in [7, 11) is 0. The zero-order chi connectivity index (χ0) is 14.2. The lowest BCUT2D eigenvalue weighted by Gasteiger charge is -2.17. The summed E-state index contributed by atoms with van der Waals surface area (Å²) in [6, 6.07) is 19.3. The standard InChI is InChI=1S/C17H19NO2/c1-2-20-16(13-14-9-5-3-6-10-14)17(19)18-15-11-7-4-8-12-15/h3-12,16H,2,13H2,1H3,(H,18,19). The van der Waals surface area contributed by atoms with Crippen LogP contribution in [0.1, 0.15) is 12.5 Å². The largest absolute Gasteiger partial charge is 0.368 e. The van der Waals surface area contributed by atoms with E-state index in [1.54, 1.807) is 0 Å². The summed E-state index contributed by atoms with van der Waals surface area (Å²) in [5.74, 6) is -0.109. The lowest BCUT2D eigenvalue weighted by molar-refractivity contribution is -0.127. The van der Waals surface area contributed by atoms with E-state index < -0.39 is 6.10 Å². The first-order valence-corrected chi connectivity index (χ1v) is 6.81. The number of benzene rings is 2. The molecule has 1 N–H and O–H groups in total. The van der Waals surface area contributed by atoms with E-state index in [0.717, 1.165) is 11.3 Å². The van der Waals surface area contributed by atoms with Crippen molar-refractivity contribution in [2.75, 3.05) is 11.9 Å². The van der Waals surface area contributed by atoms with Crippen molar-refractivity contribution in [1.29, 1.82) is 0 Å². The molecule has 20 heavy (non-hydrogen) atoms. The molecule has 1 atom stereocenters. The first-order valence-electron chi connectivity index (χ1n) is 6.81. The maximum atomic E-state index is 12.3. The van der Waals surface area contributed by atoms with Crippen LogP contribution < -0.4 is 5.32 Å². The fourth-order valence-corrected chi connectivity index (χ4v) is 2.00. The Morgan fingerprint density at radius 3 is 2.25 bits per heavy atom. The Balaban J connectivity index is 2.02. The van der Waals surface area contributed by atoms with Gasteiger partial charge in [0.25, 0.3) is 5.91 Å². The molecule has 2 aromatic carbocycles. The second-order valence-electron chi connectivity index (χ2n) is 4.49. The van der Waals surface area contributed by atoms with Crippen molar-refractivity contribution in [2.45, 2.75) is 19.4 Å². The van der Waals surface area contributed by atoms with Crippen LogP contribution in [0, 0.1) is 0 Å². The van der Waals surface area contributed by atoms with Crippen LogP contribution in [0.4, 0.5) is 5.69 Å². The van der Waals surface area contributed by atoms with Crippen molar-refractivity contribution in [3.05, 3.63) is 66.2 Å². The van der Waals surface area contributed by atoms with E-state index >= 15 is 0 Å². The lowest BCUT2D eigenvalue weighted by Crippen LogP contribution is -2.32. The quantitative estimate of drug-likeness (QED) is 0.874. The zero-order valence-electron chi connectivity index (χ0n) is 11.6. The van der Waals surface area contributed by atoms with Gasteiger partial charge in [-0.2, -0.15) is 0 Å². The van der Waals surface area contributed by atoms with Gasteiger partial charge < -0.3 is 10.1 Å². The Hall–Kier alpha value is -2.13. The molecule has 2 aromatic rings. The van der Waals surface area contributed by atoms with Gasteiger partial charge in [-0.05, 0) is 24.6 Å². The van der Waals surface area contributed by atoms with Crippen LogP contribution >= 0.6 is 0 Å². The second kappa shape index (κ2) is 7.46. The van der Waals surface area contributed by atoms with E-state index in [-0.39, 0.29) is 5.91 Å². The Morgan fingerprint density at radius 1 is 1.05 bits per heavy atom. The third kappa shape index (κ3) is 4.21. The van der Waals surface area contributed by atoms with E-state index in [2.05, 4.69) is 5.32 Å². The highest BCUT2D eigenvalue weighted by Gasteiger charge is 2.19. The molecule has 0 spiro atoms. The fourth-order valence-electron chi connectivity index (χ4n) is 2.00. The Labute approximate surface area is 119 Å². The Morgan fingerprint density at radius 2 is 1.65 bits per heavy atom. The normalized spacial score (nSPS) is 11.8. The molecule has 0 aromatic heterocycles. The van der Waals surface area contributed by atoms with Crippen molar-refractivity contribution in [2.24, 2.45) is 0 Å². The summed E-state index contributed by atoms with van der Waals surface area (Å²) in [6.45, 7) is 2.41. The summed E-state index contributed by atoms with van der Waals surface area (Å²) < 4.78 is 5.57. The third-order valence-corrected chi connectivity index (χ3v) is 2.97. The molecule has 3 heteroatoms. The number of hydrogen-bond acceptors (Lipinski definition) is 2. The molecule has 0 saturated carbocycles. The van der Waals surface area contributed by atoms with Crippen LogP contribution in [-0.2, 0) is 16.0 Å². The number of nitrogens with one attached hydrogen (secondary N) is 1. The predicted molar refractivity (Wildman–Crippen MR) is 80.6 cm³/mol. The highest BCUT2D eigenvalue weighted by atomic mass is 16.5. The van der Waals surface area contributed by atoms with Crippen molar-refractivity contribution < 1.29 is 9.53 Å². The number of carbonyl (C=O) groups is 1. The Bertz CT molecular complexity index is 525. The number of carbonyl (C=O) groups excluding carboxylic acids is 1. The summed E-state index contributed by atoms with van der Waals surface area (Å²) in [4.78, 5) is 12.3. The maximum absolute atomic E-state index is 12.3. The third-order valence-electron chi connectivity index (χ3n) is 2.97.